The van der Waals surface area contributed by atoms with Gasteiger partial charge in [0.2, 0.25) is 0 Å². The fraction of sp³-hybridized carbons (Fsp3) is 0.0870. The quantitative estimate of drug-likeness (QED) is 0.342. The van der Waals surface area contributed by atoms with Crippen LogP contribution in [0.4, 0.5) is 0 Å². The van der Waals surface area contributed by atoms with E-state index in [1.807, 2.05) is 42.5 Å². The molecule has 0 aliphatic rings. The molecule has 0 aliphatic carbocycles. The molecule has 3 rings (SSSR count). The molecule has 0 aromatic heterocycles. The monoisotopic (exact) mass is 455 g/mol. The van der Waals surface area contributed by atoms with Crippen LogP contribution in [0, 0.1) is 5.41 Å². The zero-order valence-electron chi connectivity index (χ0n) is 15.9. The van der Waals surface area contributed by atoms with Gasteiger partial charge in [-0.3, -0.25) is 10.1 Å². The average Bonchev–Trinajstić information content (AvgIpc) is 2.75. The van der Waals surface area contributed by atoms with Crippen molar-refractivity contribution in [1.82, 2.24) is 10.6 Å². The smallest absolute Gasteiger partial charge is 0.257 e. The lowest BCUT2D eigenvalue weighted by molar-refractivity contribution is 0.0976. The minimum Gasteiger partial charge on any atom is -0.361 e. The number of carbonyl (C=O) groups is 1. The van der Waals surface area contributed by atoms with Crippen LogP contribution in [0.1, 0.15) is 27.4 Å². The van der Waals surface area contributed by atoms with E-state index >= 15 is 0 Å². The predicted molar refractivity (Wildman–Crippen MR) is 127 cm³/mol. The highest BCUT2D eigenvalue weighted by Gasteiger charge is 2.19. The summed E-state index contributed by atoms with van der Waals surface area (Å²) in [5.41, 5.74) is 2.62. The topological polar surface area (TPSA) is 65.0 Å². The van der Waals surface area contributed by atoms with Gasteiger partial charge in [-0.2, -0.15) is 0 Å². The van der Waals surface area contributed by atoms with Crippen molar-refractivity contribution < 1.29 is 4.79 Å². The molecule has 0 spiro atoms. The number of rotatable bonds is 6. The molecule has 1 unspecified atom stereocenters. The van der Waals surface area contributed by atoms with Gasteiger partial charge in [-0.1, -0.05) is 65.7 Å². The summed E-state index contributed by atoms with van der Waals surface area (Å²) in [5.74, 6) is -0.592. The van der Waals surface area contributed by atoms with Crippen LogP contribution in [0.15, 0.2) is 78.9 Å². The molecule has 0 saturated carbocycles. The largest absolute Gasteiger partial charge is 0.361 e. The minimum absolute atomic E-state index is 0.194. The molecule has 1 atom stereocenters. The zero-order valence-corrected chi connectivity index (χ0v) is 18.2. The molecule has 30 heavy (non-hydrogen) atoms. The van der Waals surface area contributed by atoms with Crippen molar-refractivity contribution in [3.8, 4) is 0 Å². The normalized spacial score (nSPS) is 11.4. The highest BCUT2D eigenvalue weighted by molar-refractivity contribution is 7.80. The standard InChI is InChI=1S/C23H19Cl2N3OS/c24-18-10-6-16(7-11-18)21(26)20(15-4-2-1-3-5-15)14-27-23(30)28-22(29)17-8-12-19(25)13-9-17/h1-13,20,26H,14H2,(H2,27,28,29,30). The van der Waals surface area contributed by atoms with Gasteiger partial charge in [0.1, 0.15) is 0 Å². The molecule has 0 radical (unpaired) electrons. The van der Waals surface area contributed by atoms with Crippen LogP contribution in [0.3, 0.4) is 0 Å². The Bertz CT molecular complexity index is 1040. The highest BCUT2D eigenvalue weighted by Crippen LogP contribution is 2.21. The van der Waals surface area contributed by atoms with Gasteiger partial charge in [0.25, 0.3) is 5.91 Å². The number of hydrogen-bond donors (Lipinski definition) is 3. The molecule has 1 amide bonds. The van der Waals surface area contributed by atoms with E-state index in [1.165, 1.54) is 0 Å². The first-order valence-electron chi connectivity index (χ1n) is 9.18. The average molecular weight is 456 g/mol. The molecule has 3 N–H and O–H groups in total. The SMILES string of the molecule is N=C(c1ccc(Cl)cc1)C(CNC(=S)NC(=O)c1ccc(Cl)cc1)c1ccccc1. The van der Waals surface area contributed by atoms with Gasteiger partial charge < -0.3 is 10.7 Å². The maximum absolute atomic E-state index is 12.3. The lowest BCUT2D eigenvalue weighted by atomic mass is 9.90. The molecule has 7 heteroatoms. The molecular formula is C23H19Cl2N3OS. The molecule has 0 bridgehead atoms. The van der Waals surface area contributed by atoms with Gasteiger partial charge in [-0.15, -0.1) is 0 Å². The molecule has 4 nitrogen and oxygen atoms in total. The molecule has 3 aromatic carbocycles. The van der Waals surface area contributed by atoms with E-state index in [1.54, 1.807) is 36.4 Å². The molecule has 0 fully saturated rings. The van der Waals surface area contributed by atoms with Crippen LogP contribution >= 0.6 is 35.4 Å². The van der Waals surface area contributed by atoms with Crippen molar-refractivity contribution in [1.29, 1.82) is 5.41 Å². The molecule has 0 aliphatic heterocycles. The van der Waals surface area contributed by atoms with Crippen molar-refractivity contribution >= 4 is 52.2 Å². The maximum atomic E-state index is 12.3. The Morgan fingerprint density at radius 3 is 1.97 bits per heavy atom. The number of halogens is 2. The Hall–Kier alpha value is -2.73. The minimum atomic E-state index is -0.326. The summed E-state index contributed by atoms with van der Waals surface area (Å²) in [6.07, 6.45) is 0. The second-order valence-corrected chi connectivity index (χ2v) is 7.84. The van der Waals surface area contributed by atoms with Gasteiger partial charge in [0.15, 0.2) is 5.11 Å². The molecular weight excluding hydrogens is 437 g/mol. The Balaban J connectivity index is 1.69. The predicted octanol–water partition coefficient (Wildman–Crippen LogP) is 5.45. The van der Waals surface area contributed by atoms with Crippen LogP contribution in [-0.4, -0.2) is 23.3 Å². The fourth-order valence-corrected chi connectivity index (χ4v) is 3.35. The summed E-state index contributed by atoms with van der Waals surface area (Å²) in [4.78, 5) is 12.3. The van der Waals surface area contributed by atoms with Crippen LogP contribution < -0.4 is 10.6 Å². The van der Waals surface area contributed by atoms with Gasteiger partial charge >= 0.3 is 0 Å². The summed E-state index contributed by atoms with van der Waals surface area (Å²) in [6.45, 7) is 0.352. The van der Waals surface area contributed by atoms with Crippen molar-refractivity contribution in [3.63, 3.8) is 0 Å². The third-order valence-corrected chi connectivity index (χ3v) is 5.26. The Labute approximate surface area is 190 Å². The third-order valence-electron chi connectivity index (χ3n) is 4.51. The number of thiocarbonyl (C=S) groups is 1. The summed E-state index contributed by atoms with van der Waals surface area (Å²) >= 11 is 17.1. The lowest BCUT2D eigenvalue weighted by Gasteiger charge is -2.21. The van der Waals surface area contributed by atoms with E-state index < -0.39 is 0 Å². The van der Waals surface area contributed by atoms with Crippen LogP contribution in [0.5, 0.6) is 0 Å². The maximum Gasteiger partial charge on any atom is 0.257 e. The Morgan fingerprint density at radius 1 is 0.867 bits per heavy atom. The van der Waals surface area contributed by atoms with E-state index in [2.05, 4.69) is 10.6 Å². The summed E-state index contributed by atoms with van der Waals surface area (Å²) in [6, 6.07) is 23.4. The first kappa shape index (κ1) is 22.0. The number of nitrogens with one attached hydrogen (secondary N) is 3. The van der Waals surface area contributed by atoms with Gasteiger partial charge in [-0.25, -0.2) is 0 Å². The molecule has 152 valence electrons. The van der Waals surface area contributed by atoms with E-state index in [0.717, 1.165) is 11.1 Å². The van der Waals surface area contributed by atoms with E-state index in [0.29, 0.717) is 27.9 Å². The molecule has 0 heterocycles. The van der Waals surface area contributed by atoms with Crippen molar-refractivity contribution in [2.24, 2.45) is 0 Å². The van der Waals surface area contributed by atoms with Gasteiger partial charge in [-0.05, 0) is 59.7 Å². The first-order chi connectivity index (χ1) is 14.4. The number of hydrogen-bond acceptors (Lipinski definition) is 3. The first-order valence-corrected chi connectivity index (χ1v) is 10.3. The van der Waals surface area contributed by atoms with E-state index in [-0.39, 0.29) is 16.9 Å². The number of carbonyl (C=O) groups excluding carboxylic acids is 1. The summed E-state index contributed by atoms with van der Waals surface area (Å²) in [5, 5.41) is 15.8. The molecule has 0 saturated heterocycles. The second-order valence-electron chi connectivity index (χ2n) is 6.55. The third kappa shape index (κ3) is 5.89. The fourth-order valence-electron chi connectivity index (χ4n) is 2.92. The van der Waals surface area contributed by atoms with E-state index in [4.69, 9.17) is 40.8 Å². The van der Waals surface area contributed by atoms with Crippen LogP contribution in [-0.2, 0) is 0 Å². The lowest BCUT2D eigenvalue weighted by Crippen LogP contribution is -2.41. The Kier molecular flexibility index (Phi) is 7.57. The second kappa shape index (κ2) is 10.3. The highest BCUT2D eigenvalue weighted by atomic mass is 35.5. The van der Waals surface area contributed by atoms with Crippen LogP contribution in [0.2, 0.25) is 10.0 Å². The van der Waals surface area contributed by atoms with E-state index in [9.17, 15) is 4.79 Å². The number of benzene rings is 3. The zero-order chi connectivity index (χ0) is 21.5. The van der Waals surface area contributed by atoms with Gasteiger partial charge in [0.05, 0.1) is 0 Å². The van der Waals surface area contributed by atoms with Crippen molar-refractivity contribution in [2.45, 2.75) is 5.92 Å². The van der Waals surface area contributed by atoms with Crippen molar-refractivity contribution in [2.75, 3.05) is 6.54 Å². The van der Waals surface area contributed by atoms with Gasteiger partial charge in [0, 0.05) is 33.8 Å². The number of amides is 1. The Morgan fingerprint density at radius 2 is 1.40 bits per heavy atom. The summed E-state index contributed by atoms with van der Waals surface area (Å²) in [7, 11) is 0. The van der Waals surface area contributed by atoms with Crippen molar-refractivity contribution in [3.05, 3.63) is 106 Å². The van der Waals surface area contributed by atoms with Crippen LogP contribution in [0.25, 0.3) is 0 Å². The molecule has 3 aromatic rings. The summed E-state index contributed by atoms with van der Waals surface area (Å²) < 4.78 is 0.